The molecule has 0 spiro atoms. The number of halogens is 2. The van der Waals surface area contributed by atoms with Crippen molar-refractivity contribution >= 4 is 11.6 Å². The normalized spacial score (nSPS) is 16.6. The van der Waals surface area contributed by atoms with E-state index in [1.54, 1.807) is 12.1 Å². The van der Waals surface area contributed by atoms with Gasteiger partial charge in [-0.1, -0.05) is 22.8 Å². The Hall–Kier alpha value is -1.46. The molecule has 0 aliphatic heterocycles. The van der Waals surface area contributed by atoms with Gasteiger partial charge in [0.15, 0.2) is 5.82 Å². The van der Waals surface area contributed by atoms with E-state index in [1.165, 1.54) is 6.07 Å². The van der Waals surface area contributed by atoms with Crippen molar-refractivity contribution in [2.75, 3.05) is 6.54 Å². The Kier molecular flexibility index (Phi) is 3.03. The van der Waals surface area contributed by atoms with E-state index in [2.05, 4.69) is 10.1 Å². The molecular weight excluding hydrogens is 269 g/mol. The van der Waals surface area contributed by atoms with Crippen LogP contribution in [0.25, 0.3) is 0 Å². The van der Waals surface area contributed by atoms with E-state index in [1.807, 2.05) is 0 Å². The highest BCUT2D eigenvalue weighted by molar-refractivity contribution is 6.31. The minimum Gasteiger partial charge on any atom is -0.339 e. The topological polar surface area (TPSA) is 64.9 Å². The van der Waals surface area contributed by atoms with Crippen LogP contribution in [0.1, 0.15) is 30.1 Å². The molecule has 3 rings (SSSR count). The van der Waals surface area contributed by atoms with Gasteiger partial charge in [-0.2, -0.15) is 4.98 Å². The zero-order valence-electron chi connectivity index (χ0n) is 10.2. The Labute approximate surface area is 114 Å². The van der Waals surface area contributed by atoms with Gasteiger partial charge < -0.3 is 10.3 Å². The van der Waals surface area contributed by atoms with Crippen LogP contribution in [0.5, 0.6) is 0 Å². The summed E-state index contributed by atoms with van der Waals surface area (Å²) in [6.07, 6.45) is 2.15. The molecule has 4 nitrogen and oxygen atoms in total. The molecule has 1 saturated carbocycles. The van der Waals surface area contributed by atoms with E-state index in [0.717, 1.165) is 12.8 Å². The molecule has 0 atom stereocenters. The van der Waals surface area contributed by atoms with Crippen LogP contribution in [0.3, 0.4) is 0 Å². The second-order valence-corrected chi connectivity index (χ2v) is 5.28. The van der Waals surface area contributed by atoms with Gasteiger partial charge in [0, 0.05) is 23.6 Å². The number of nitrogens with zero attached hydrogens (tertiary/aromatic N) is 2. The second kappa shape index (κ2) is 4.58. The maximum atomic E-state index is 13.7. The molecule has 1 aromatic heterocycles. The average molecular weight is 282 g/mol. The summed E-state index contributed by atoms with van der Waals surface area (Å²) in [4.78, 5) is 4.31. The molecule has 0 bridgehead atoms. The number of hydrogen-bond acceptors (Lipinski definition) is 4. The van der Waals surface area contributed by atoms with Gasteiger partial charge in [-0.15, -0.1) is 0 Å². The molecule has 6 heteroatoms. The lowest BCUT2D eigenvalue weighted by atomic mass is 10.1. The Morgan fingerprint density at radius 1 is 1.42 bits per heavy atom. The molecule has 19 heavy (non-hydrogen) atoms. The second-order valence-electron chi connectivity index (χ2n) is 4.88. The van der Waals surface area contributed by atoms with E-state index in [9.17, 15) is 4.39 Å². The summed E-state index contributed by atoms with van der Waals surface area (Å²) in [6.45, 7) is 0.495. The standard InChI is InChI=1S/C13H13ClFN3O/c14-9-2-1-3-10(15)8(9)6-11-17-12(19-18-11)13(7-16)4-5-13/h1-3H,4-7,16H2. The predicted molar refractivity (Wildman–Crippen MR) is 68.5 cm³/mol. The van der Waals surface area contributed by atoms with E-state index in [0.29, 0.717) is 28.8 Å². The molecule has 0 unspecified atom stereocenters. The third-order valence-corrected chi connectivity index (χ3v) is 3.92. The fourth-order valence-corrected chi connectivity index (χ4v) is 2.29. The number of nitrogens with two attached hydrogens (primary N) is 1. The first kappa shape index (κ1) is 12.6. The minimum absolute atomic E-state index is 0.149. The van der Waals surface area contributed by atoms with Gasteiger partial charge >= 0.3 is 0 Å². The van der Waals surface area contributed by atoms with Crippen LogP contribution in [0.15, 0.2) is 22.7 Å². The third-order valence-electron chi connectivity index (χ3n) is 3.56. The zero-order valence-corrected chi connectivity index (χ0v) is 11.0. The van der Waals surface area contributed by atoms with Crippen molar-refractivity contribution in [1.29, 1.82) is 0 Å². The molecule has 2 N–H and O–H groups in total. The fourth-order valence-electron chi connectivity index (χ4n) is 2.06. The summed E-state index contributed by atoms with van der Waals surface area (Å²) in [7, 11) is 0. The van der Waals surface area contributed by atoms with E-state index in [4.69, 9.17) is 21.9 Å². The van der Waals surface area contributed by atoms with Crippen molar-refractivity contribution in [3.63, 3.8) is 0 Å². The van der Waals surface area contributed by atoms with Gasteiger partial charge in [-0.25, -0.2) is 4.39 Å². The molecule has 100 valence electrons. The van der Waals surface area contributed by atoms with Crippen LogP contribution in [-0.2, 0) is 11.8 Å². The fraction of sp³-hybridized carbons (Fsp3) is 0.385. The van der Waals surface area contributed by atoms with Crippen LogP contribution < -0.4 is 5.73 Å². The average Bonchev–Trinajstić information content (AvgIpc) is 3.07. The highest BCUT2D eigenvalue weighted by atomic mass is 35.5. The predicted octanol–water partition coefficient (Wildman–Crippen LogP) is 2.44. The maximum Gasteiger partial charge on any atom is 0.234 e. The summed E-state index contributed by atoms with van der Waals surface area (Å²) in [5.41, 5.74) is 5.94. The zero-order chi connectivity index (χ0) is 13.5. The van der Waals surface area contributed by atoms with Crippen molar-refractivity contribution in [2.24, 2.45) is 5.73 Å². The van der Waals surface area contributed by atoms with Crippen molar-refractivity contribution in [3.8, 4) is 0 Å². The first-order valence-electron chi connectivity index (χ1n) is 6.11. The van der Waals surface area contributed by atoms with Crippen molar-refractivity contribution in [1.82, 2.24) is 10.1 Å². The first-order chi connectivity index (χ1) is 9.14. The Morgan fingerprint density at radius 3 is 2.84 bits per heavy atom. The van der Waals surface area contributed by atoms with Gasteiger partial charge in [-0.05, 0) is 25.0 Å². The molecule has 0 saturated heterocycles. The molecule has 1 aliphatic rings. The summed E-state index contributed by atoms with van der Waals surface area (Å²) >= 11 is 5.97. The summed E-state index contributed by atoms with van der Waals surface area (Å²) < 4.78 is 18.9. The van der Waals surface area contributed by atoms with Gasteiger partial charge in [0.1, 0.15) is 5.82 Å². The monoisotopic (exact) mass is 281 g/mol. The van der Waals surface area contributed by atoms with E-state index >= 15 is 0 Å². The Balaban J connectivity index is 1.85. The SMILES string of the molecule is NCC1(c2nc(Cc3c(F)cccc3Cl)no2)CC1. The number of benzene rings is 1. The van der Waals surface area contributed by atoms with E-state index in [-0.39, 0.29) is 17.7 Å². The number of hydrogen-bond donors (Lipinski definition) is 1. The molecule has 1 heterocycles. The largest absolute Gasteiger partial charge is 0.339 e. The lowest BCUT2D eigenvalue weighted by Gasteiger charge is -2.04. The smallest absolute Gasteiger partial charge is 0.234 e. The lowest BCUT2D eigenvalue weighted by Crippen LogP contribution is -2.20. The number of rotatable bonds is 4. The minimum atomic E-state index is -0.362. The van der Waals surface area contributed by atoms with Crippen LogP contribution in [0.4, 0.5) is 4.39 Å². The molecular formula is C13H13ClFN3O. The van der Waals surface area contributed by atoms with Crippen LogP contribution in [0, 0.1) is 5.82 Å². The Bertz CT molecular complexity index is 589. The third kappa shape index (κ3) is 2.24. The summed E-state index contributed by atoms with van der Waals surface area (Å²) in [5.74, 6) is 0.623. The number of aromatic nitrogens is 2. The van der Waals surface area contributed by atoms with Crippen LogP contribution >= 0.6 is 11.6 Å². The van der Waals surface area contributed by atoms with Gasteiger partial charge in [0.2, 0.25) is 5.89 Å². The lowest BCUT2D eigenvalue weighted by molar-refractivity contribution is 0.344. The van der Waals surface area contributed by atoms with Gasteiger partial charge in [0.05, 0.1) is 5.41 Å². The van der Waals surface area contributed by atoms with Crippen molar-refractivity contribution in [3.05, 3.63) is 46.3 Å². The molecule has 1 aliphatic carbocycles. The van der Waals surface area contributed by atoms with Crippen LogP contribution in [0.2, 0.25) is 5.02 Å². The van der Waals surface area contributed by atoms with Crippen molar-refractivity contribution in [2.45, 2.75) is 24.7 Å². The molecule has 1 aromatic carbocycles. The van der Waals surface area contributed by atoms with Crippen LogP contribution in [-0.4, -0.2) is 16.7 Å². The van der Waals surface area contributed by atoms with E-state index < -0.39 is 0 Å². The molecule has 0 amide bonds. The summed E-state index contributed by atoms with van der Waals surface area (Å²) in [6, 6.07) is 4.57. The molecule has 1 fully saturated rings. The maximum absolute atomic E-state index is 13.7. The quantitative estimate of drug-likeness (QED) is 0.935. The van der Waals surface area contributed by atoms with Crippen molar-refractivity contribution < 1.29 is 8.91 Å². The van der Waals surface area contributed by atoms with Gasteiger partial charge in [-0.3, -0.25) is 0 Å². The highest BCUT2D eigenvalue weighted by Gasteiger charge is 2.48. The first-order valence-corrected chi connectivity index (χ1v) is 6.48. The Morgan fingerprint density at radius 2 is 2.21 bits per heavy atom. The molecule has 0 radical (unpaired) electrons. The molecule has 2 aromatic rings. The van der Waals surface area contributed by atoms with Gasteiger partial charge in [0.25, 0.3) is 0 Å². The summed E-state index contributed by atoms with van der Waals surface area (Å²) in [5, 5.41) is 4.25. The highest BCUT2D eigenvalue weighted by Crippen LogP contribution is 2.46.